The van der Waals surface area contributed by atoms with Crippen LogP contribution in [0.4, 0.5) is 18.0 Å². The van der Waals surface area contributed by atoms with Crippen LogP contribution < -0.4 is 0 Å². The van der Waals surface area contributed by atoms with Crippen molar-refractivity contribution in [2.45, 2.75) is 12.7 Å². The number of likely N-dealkylation sites (tertiary alicyclic amines) is 2. The molecule has 0 saturated carbocycles. The fraction of sp³-hybridized carbons (Fsp3) is 0.421. The first-order valence-electron chi connectivity index (χ1n) is 9.17. The number of fused-ring (bicyclic) bond motifs is 1. The lowest BCUT2D eigenvalue weighted by Gasteiger charge is -2.21. The summed E-state index contributed by atoms with van der Waals surface area (Å²) in [4.78, 5) is 27.2. The van der Waals surface area contributed by atoms with Crippen LogP contribution in [0.25, 0.3) is 0 Å². The van der Waals surface area contributed by atoms with Gasteiger partial charge in [-0.25, -0.2) is 9.59 Å². The van der Waals surface area contributed by atoms with Gasteiger partial charge in [0, 0.05) is 38.9 Å². The van der Waals surface area contributed by atoms with Crippen LogP contribution in [0.15, 0.2) is 36.5 Å². The lowest BCUT2D eigenvalue weighted by atomic mass is 10.0. The summed E-state index contributed by atoms with van der Waals surface area (Å²) in [7, 11) is 0. The van der Waals surface area contributed by atoms with Crippen LogP contribution >= 0.6 is 0 Å². The van der Waals surface area contributed by atoms with Crippen molar-refractivity contribution >= 4 is 12.0 Å². The van der Waals surface area contributed by atoms with Gasteiger partial charge in [0.1, 0.15) is 0 Å². The van der Waals surface area contributed by atoms with Crippen molar-refractivity contribution in [3.63, 3.8) is 0 Å². The highest BCUT2D eigenvalue weighted by Gasteiger charge is 2.42. The van der Waals surface area contributed by atoms with Gasteiger partial charge in [0.25, 0.3) is 0 Å². The van der Waals surface area contributed by atoms with Gasteiger partial charge >= 0.3 is 18.2 Å². The smallest absolute Gasteiger partial charge is 0.416 e. The third-order valence-corrected chi connectivity index (χ3v) is 5.50. The standard InChI is InChI=1S/C19H19F3N4O3/c20-19(21,22)15-3-1-2-12(6-15)7-24-8-13-10-25(11-14(13)9-24)18(29)26-5-4-16(23-26)17(27)28/h1-6,13-14H,7-11H2,(H,27,28). The highest BCUT2D eigenvalue weighted by atomic mass is 19.4. The second kappa shape index (κ2) is 7.18. The van der Waals surface area contributed by atoms with E-state index in [1.807, 2.05) is 0 Å². The minimum atomic E-state index is -4.36. The van der Waals surface area contributed by atoms with Gasteiger partial charge in [0.15, 0.2) is 5.69 Å². The summed E-state index contributed by atoms with van der Waals surface area (Å²) in [6.45, 7) is 2.87. The van der Waals surface area contributed by atoms with Gasteiger partial charge in [-0.2, -0.15) is 23.0 Å². The topological polar surface area (TPSA) is 78.7 Å². The molecule has 2 atom stereocenters. The molecule has 1 N–H and O–H groups in total. The van der Waals surface area contributed by atoms with Gasteiger partial charge in [0.2, 0.25) is 0 Å². The normalized spacial score (nSPS) is 22.1. The van der Waals surface area contributed by atoms with Crippen molar-refractivity contribution in [2.75, 3.05) is 26.2 Å². The Hall–Kier alpha value is -2.88. The van der Waals surface area contributed by atoms with Gasteiger partial charge in [-0.15, -0.1) is 0 Å². The number of carbonyl (C=O) groups is 2. The van der Waals surface area contributed by atoms with Gasteiger partial charge in [0.05, 0.1) is 5.56 Å². The number of hydrogen-bond donors (Lipinski definition) is 1. The Morgan fingerprint density at radius 1 is 1.10 bits per heavy atom. The minimum Gasteiger partial charge on any atom is -0.476 e. The molecule has 10 heteroatoms. The Kier molecular flexibility index (Phi) is 4.81. The van der Waals surface area contributed by atoms with E-state index in [-0.39, 0.29) is 23.6 Å². The molecule has 1 aromatic heterocycles. The molecule has 0 aliphatic carbocycles. The minimum absolute atomic E-state index is 0.190. The number of carboxylic acid groups (broad SMARTS) is 1. The summed E-state index contributed by atoms with van der Waals surface area (Å²) in [5.74, 6) is -0.724. The monoisotopic (exact) mass is 408 g/mol. The maximum absolute atomic E-state index is 12.9. The highest BCUT2D eigenvalue weighted by Crippen LogP contribution is 2.33. The Balaban J connectivity index is 1.35. The van der Waals surface area contributed by atoms with Crippen molar-refractivity contribution in [3.8, 4) is 0 Å². The predicted octanol–water partition coefficient (Wildman–Crippen LogP) is 2.63. The van der Waals surface area contributed by atoms with E-state index in [4.69, 9.17) is 5.11 Å². The maximum Gasteiger partial charge on any atom is 0.416 e. The molecule has 2 unspecified atom stereocenters. The van der Waals surface area contributed by atoms with Gasteiger partial charge < -0.3 is 10.0 Å². The van der Waals surface area contributed by atoms with Crippen LogP contribution in [0, 0.1) is 11.8 Å². The summed E-state index contributed by atoms with van der Waals surface area (Å²) in [5.41, 5.74) is -0.221. The lowest BCUT2D eigenvalue weighted by molar-refractivity contribution is -0.137. The second-order valence-corrected chi connectivity index (χ2v) is 7.55. The summed E-state index contributed by atoms with van der Waals surface area (Å²) in [6, 6.07) is 6.27. The zero-order valence-electron chi connectivity index (χ0n) is 15.3. The van der Waals surface area contributed by atoms with Crippen LogP contribution in [0.1, 0.15) is 21.6 Å². The molecule has 2 aromatic rings. The van der Waals surface area contributed by atoms with Crippen LogP contribution in [-0.2, 0) is 12.7 Å². The van der Waals surface area contributed by atoms with Crippen LogP contribution in [0.3, 0.4) is 0 Å². The summed E-state index contributed by atoms with van der Waals surface area (Å²) >= 11 is 0. The average Bonchev–Trinajstić information content (AvgIpc) is 3.35. The number of nitrogens with zero attached hydrogens (tertiary/aromatic N) is 4. The number of carbonyl (C=O) groups excluding carboxylic acids is 1. The molecule has 154 valence electrons. The average molecular weight is 408 g/mol. The first kappa shape index (κ1) is 19.4. The molecule has 7 nitrogen and oxygen atoms in total. The van der Waals surface area contributed by atoms with Crippen molar-refractivity contribution in [1.29, 1.82) is 0 Å². The third kappa shape index (κ3) is 3.98. The van der Waals surface area contributed by atoms with E-state index in [9.17, 15) is 22.8 Å². The van der Waals surface area contributed by atoms with E-state index in [1.165, 1.54) is 24.4 Å². The fourth-order valence-corrected chi connectivity index (χ4v) is 4.17. The molecule has 2 fully saturated rings. The Labute approximate surface area is 164 Å². The SMILES string of the molecule is O=C(O)c1ccn(C(=O)N2CC3CN(Cc4cccc(C(F)(F)F)c4)CC3C2)n1. The first-order valence-corrected chi connectivity index (χ1v) is 9.17. The Morgan fingerprint density at radius 2 is 1.79 bits per heavy atom. The Morgan fingerprint density at radius 3 is 2.38 bits per heavy atom. The zero-order valence-corrected chi connectivity index (χ0v) is 15.3. The summed E-state index contributed by atoms with van der Waals surface area (Å²) in [6.07, 6.45) is -3.02. The molecule has 1 amide bonds. The number of benzene rings is 1. The molecular formula is C19H19F3N4O3. The van der Waals surface area contributed by atoms with Gasteiger partial charge in [-0.05, 0) is 29.5 Å². The Bertz CT molecular complexity index is 929. The van der Waals surface area contributed by atoms with Crippen molar-refractivity contribution in [3.05, 3.63) is 53.3 Å². The molecule has 0 bridgehead atoms. The number of amides is 1. The van der Waals surface area contributed by atoms with Crippen LogP contribution in [-0.4, -0.2) is 62.9 Å². The van der Waals surface area contributed by atoms with Crippen LogP contribution in [0.5, 0.6) is 0 Å². The fourth-order valence-electron chi connectivity index (χ4n) is 4.17. The van der Waals surface area contributed by atoms with Gasteiger partial charge in [-0.3, -0.25) is 4.90 Å². The van der Waals surface area contributed by atoms with E-state index in [1.54, 1.807) is 11.0 Å². The maximum atomic E-state index is 12.9. The van der Waals surface area contributed by atoms with Crippen molar-refractivity contribution in [2.24, 2.45) is 11.8 Å². The lowest BCUT2D eigenvalue weighted by Crippen LogP contribution is -2.36. The molecule has 4 rings (SSSR count). The van der Waals surface area contributed by atoms with Gasteiger partial charge in [-0.1, -0.05) is 18.2 Å². The van der Waals surface area contributed by atoms with E-state index >= 15 is 0 Å². The predicted molar refractivity (Wildman–Crippen MR) is 95.3 cm³/mol. The molecule has 2 aliphatic heterocycles. The number of aromatic carboxylic acids is 1. The molecule has 2 saturated heterocycles. The summed E-state index contributed by atoms with van der Waals surface area (Å²) < 4.78 is 39.7. The zero-order chi connectivity index (χ0) is 20.8. The molecule has 1 aromatic carbocycles. The molecule has 3 heterocycles. The molecule has 0 spiro atoms. The number of hydrogen-bond acceptors (Lipinski definition) is 4. The van der Waals surface area contributed by atoms with Crippen molar-refractivity contribution in [1.82, 2.24) is 19.6 Å². The number of rotatable bonds is 3. The molecule has 2 aliphatic rings. The molecule has 29 heavy (non-hydrogen) atoms. The number of carboxylic acids is 1. The number of alkyl halides is 3. The third-order valence-electron chi connectivity index (χ3n) is 5.50. The number of halogens is 3. The van der Waals surface area contributed by atoms with E-state index in [0.717, 1.165) is 10.7 Å². The van der Waals surface area contributed by atoms with E-state index in [2.05, 4.69) is 10.00 Å². The quantitative estimate of drug-likeness (QED) is 0.845. The number of aromatic nitrogens is 2. The first-order chi connectivity index (χ1) is 13.7. The molecular weight excluding hydrogens is 389 g/mol. The highest BCUT2D eigenvalue weighted by molar-refractivity contribution is 5.86. The van der Waals surface area contributed by atoms with E-state index < -0.39 is 17.7 Å². The van der Waals surface area contributed by atoms with Crippen molar-refractivity contribution < 1.29 is 27.9 Å². The van der Waals surface area contributed by atoms with Crippen LogP contribution in [0.2, 0.25) is 0 Å². The largest absolute Gasteiger partial charge is 0.476 e. The molecule has 0 radical (unpaired) electrons. The van der Waals surface area contributed by atoms with E-state index in [0.29, 0.717) is 38.3 Å². The second-order valence-electron chi connectivity index (χ2n) is 7.55. The summed E-state index contributed by atoms with van der Waals surface area (Å²) in [5, 5.41) is 12.7.